The number of rotatable bonds is 3. The smallest absolute Gasteiger partial charge is 0.251 e. The molecule has 0 aliphatic heterocycles. The van der Waals surface area contributed by atoms with Crippen LogP contribution in [-0.2, 0) is 6.54 Å². The summed E-state index contributed by atoms with van der Waals surface area (Å²) in [6.07, 6.45) is 1.87. The number of benzene rings is 1. The minimum absolute atomic E-state index is 0.0655. The van der Waals surface area contributed by atoms with Gasteiger partial charge in [-0.25, -0.2) is 4.98 Å². The van der Waals surface area contributed by atoms with Crippen molar-refractivity contribution in [1.29, 1.82) is 0 Å². The van der Waals surface area contributed by atoms with Crippen LogP contribution in [0.1, 0.15) is 20.9 Å². The molecule has 0 atom stereocenters. The molecule has 2 heterocycles. The highest BCUT2D eigenvalue weighted by molar-refractivity contribution is 7.09. The number of thiazole rings is 1. The van der Waals surface area contributed by atoms with Crippen LogP contribution in [0.3, 0.4) is 0 Å². The molecule has 3 rings (SSSR count). The van der Waals surface area contributed by atoms with Crippen molar-refractivity contribution < 1.29 is 4.79 Å². The van der Waals surface area contributed by atoms with E-state index in [-0.39, 0.29) is 5.91 Å². The molecule has 0 unspecified atom stereocenters. The standard InChI is InChI=1S/C14H13N3OS/c1-9-13(19-8-17-9)7-16-14(18)11-3-2-10-4-5-15-12(10)6-11/h2-6,8,15H,7H2,1H3,(H,16,18). The van der Waals surface area contributed by atoms with E-state index in [4.69, 9.17) is 0 Å². The summed E-state index contributed by atoms with van der Waals surface area (Å²) in [6.45, 7) is 2.47. The first-order valence-corrected chi connectivity index (χ1v) is 6.86. The molecule has 0 aliphatic rings. The summed E-state index contributed by atoms with van der Waals surface area (Å²) in [5.41, 5.74) is 4.41. The molecule has 0 saturated carbocycles. The summed E-state index contributed by atoms with van der Waals surface area (Å²) < 4.78 is 0. The molecule has 96 valence electrons. The zero-order chi connectivity index (χ0) is 13.2. The topological polar surface area (TPSA) is 57.8 Å². The number of aromatic amines is 1. The van der Waals surface area contributed by atoms with Gasteiger partial charge in [-0.05, 0) is 30.5 Å². The Morgan fingerprint density at radius 2 is 2.32 bits per heavy atom. The number of fused-ring (bicyclic) bond motifs is 1. The number of nitrogens with zero attached hydrogens (tertiary/aromatic N) is 1. The van der Waals surface area contributed by atoms with Crippen molar-refractivity contribution in [3.63, 3.8) is 0 Å². The van der Waals surface area contributed by atoms with Gasteiger partial charge in [0.05, 0.1) is 17.7 Å². The maximum atomic E-state index is 12.1. The second kappa shape index (κ2) is 4.85. The molecule has 2 N–H and O–H groups in total. The summed E-state index contributed by atoms with van der Waals surface area (Å²) in [6, 6.07) is 7.63. The Hall–Kier alpha value is -2.14. The van der Waals surface area contributed by atoms with Gasteiger partial charge in [0.25, 0.3) is 5.91 Å². The third kappa shape index (κ3) is 2.37. The van der Waals surface area contributed by atoms with Crippen LogP contribution in [0.2, 0.25) is 0 Å². The predicted octanol–water partition coefficient (Wildman–Crippen LogP) is 2.86. The van der Waals surface area contributed by atoms with Crippen molar-refractivity contribution in [2.45, 2.75) is 13.5 Å². The van der Waals surface area contributed by atoms with E-state index < -0.39 is 0 Å². The molecule has 1 amide bonds. The first kappa shape index (κ1) is 11.9. The van der Waals surface area contributed by atoms with Crippen molar-refractivity contribution in [3.8, 4) is 0 Å². The van der Waals surface area contributed by atoms with E-state index in [0.717, 1.165) is 21.5 Å². The molecule has 0 bridgehead atoms. The van der Waals surface area contributed by atoms with Crippen molar-refractivity contribution >= 4 is 28.1 Å². The Morgan fingerprint density at radius 1 is 1.42 bits per heavy atom. The molecule has 0 radical (unpaired) electrons. The second-order valence-corrected chi connectivity index (χ2v) is 5.26. The molecule has 0 aliphatic carbocycles. The molecule has 5 heteroatoms. The van der Waals surface area contributed by atoms with Gasteiger partial charge in [0.1, 0.15) is 0 Å². The van der Waals surface area contributed by atoms with Crippen molar-refractivity contribution in [2.75, 3.05) is 0 Å². The van der Waals surface area contributed by atoms with E-state index in [9.17, 15) is 4.79 Å². The molecular formula is C14H13N3OS. The minimum atomic E-state index is -0.0655. The van der Waals surface area contributed by atoms with Crippen LogP contribution in [0.5, 0.6) is 0 Å². The van der Waals surface area contributed by atoms with Crippen LogP contribution < -0.4 is 5.32 Å². The number of amides is 1. The number of aryl methyl sites for hydroxylation is 1. The third-order valence-corrected chi connectivity index (χ3v) is 4.01. The molecule has 0 saturated heterocycles. The normalized spacial score (nSPS) is 10.8. The third-order valence-electron chi connectivity index (χ3n) is 3.07. The average Bonchev–Trinajstić information content (AvgIpc) is 3.03. The zero-order valence-corrected chi connectivity index (χ0v) is 11.3. The molecule has 0 fully saturated rings. The molecular weight excluding hydrogens is 258 g/mol. The highest BCUT2D eigenvalue weighted by Gasteiger charge is 2.08. The van der Waals surface area contributed by atoms with Gasteiger partial charge in [0, 0.05) is 22.2 Å². The number of aromatic nitrogens is 2. The van der Waals surface area contributed by atoms with Crippen LogP contribution >= 0.6 is 11.3 Å². The molecule has 19 heavy (non-hydrogen) atoms. The highest BCUT2D eigenvalue weighted by atomic mass is 32.1. The Morgan fingerprint density at radius 3 is 3.11 bits per heavy atom. The summed E-state index contributed by atoms with van der Waals surface area (Å²) in [7, 11) is 0. The Balaban J connectivity index is 1.74. The monoisotopic (exact) mass is 271 g/mol. The SMILES string of the molecule is Cc1ncsc1CNC(=O)c1ccc2cc[nH]c2c1. The quantitative estimate of drug-likeness (QED) is 0.769. The van der Waals surface area contributed by atoms with Crippen molar-refractivity contribution in [3.05, 3.63) is 52.1 Å². The highest BCUT2D eigenvalue weighted by Crippen LogP contribution is 2.15. The fourth-order valence-corrected chi connectivity index (χ4v) is 2.66. The Bertz CT molecular complexity index is 729. The van der Waals surface area contributed by atoms with Crippen LogP contribution in [0.15, 0.2) is 36.0 Å². The van der Waals surface area contributed by atoms with Crippen molar-refractivity contribution in [1.82, 2.24) is 15.3 Å². The van der Waals surface area contributed by atoms with Crippen LogP contribution in [-0.4, -0.2) is 15.9 Å². The Kier molecular flexibility index (Phi) is 3.05. The maximum Gasteiger partial charge on any atom is 0.251 e. The van der Waals surface area contributed by atoms with E-state index in [1.807, 2.05) is 37.4 Å². The van der Waals surface area contributed by atoms with Gasteiger partial charge in [0.15, 0.2) is 0 Å². The van der Waals surface area contributed by atoms with Gasteiger partial charge in [-0.1, -0.05) is 6.07 Å². The lowest BCUT2D eigenvalue weighted by Crippen LogP contribution is -2.22. The summed E-state index contributed by atoms with van der Waals surface area (Å²) in [5.74, 6) is -0.0655. The van der Waals surface area contributed by atoms with Gasteiger partial charge in [-0.2, -0.15) is 0 Å². The number of hydrogen-bond acceptors (Lipinski definition) is 3. The van der Waals surface area contributed by atoms with Gasteiger partial charge in [-0.15, -0.1) is 11.3 Å². The number of H-pyrrole nitrogens is 1. The number of carbonyl (C=O) groups excluding carboxylic acids is 1. The van der Waals surface area contributed by atoms with E-state index in [1.54, 1.807) is 16.8 Å². The molecule has 2 aromatic heterocycles. The Labute approximate surface area is 114 Å². The van der Waals surface area contributed by atoms with Gasteiger partial charge in [-0.3, -0.25) is 4.79 Å². The van der Waals surface area contributed by atoms with E-state index in [1.165, 1.54) is 0 Å². The van der Waals surface area contributed by atoms with Crippen molar-refractivity contribution in [2.24, 2.45) is 0 Å². The lowest BCUT2D eigenvalue weighted by atomic mass is 10.1. The predicted molar refractivity (Wildman–Crippen MR) is 76.3 cm³/mol. The largest absolute Gasteiger partial charge is 0.361 e. The fourth-order valence-electron chi connectivity index (χ4n) is 1.95. The molecule has 0 spiro atoms. The lowest BCUT2D eigenvalue weighted by molar-refractivity contribution is 0.0951. The fraction of sp³-hybridized carbons (Fsp3) is 0.143. The summed E-state index contributed by atoms with van der Waals surface area (Å²) in [5, 5.41) is 4.02. The van der Waals surface area contributed by atoms with E-state index in [0.29, 0.717) is 12.1 Å². The molecule has 3 aromatic rings. The van der Waals surface area contributed by atoms with E-state index >= 15 is 0 Å². The zero-order valence-electron chi connectivity index (χ0n) is 10.4. The second-order valence-electron chi connectivity index (χ2n) is 4.32. The number of hydrogen-bond donors (Lipinski definition) is 2. The van der Waals surface area contributed by atoms with Crippen LogP contribution in [0.25, 0.3) is 10.9 Å². The first-order valence-electron chi connectivity index (χ1n) is 5.98. The van der Waals surface area contributed by atoms with Crippen LogP contribution in [0, 0.1) is 6.92 Å². The van der Waals surface area contributed by atoms with E-state index in [2.05, 4.69) is 15.3 Å². The van der Waals surface area contributed by atoms with Gasteiger partial charge >= 0.3 is 0 Å². The van der Waals surface area contributed by atoms with Gasteiger partial charge < -0.3 is 10.3 Å². The maximum absolute atomic E-state index is 12.1. The van der Waals surface area contributed by atoms with Crippen LogP contribution in [0.4, 0.5) is 0 Å². The lowest BCUT2D eigenvalue weighted by Gasteiger charge is -2.04. The summed E-state index contributed by atoms with van der Waals surface area (Å²) in [4.78, 5) is 20.4. The number of nitrogens with one attached hydrogen (secondary N) is 2. The minimum Gasteiger partial charge on any atom is -0.361 e. The molecule has 4 nitrogen and oxygen atoms in total. The molecule has 1 aromatic carbocycles. The van der Waals surface area contributed by atoms with Gasteiger partial charge in [0.2, 0.25) is 0 Å². The number of carbonyl (C=O) groups is 1. The average molecular weight is 271 g/mol. The summed E-state index contributed by atoms with van der Waals surface area (Å²) >= 11 is 1.56. The first-order chi connectivity index (χ1) is 9.24.